The van der Waals surface area contributed by atoms with Gasteiger partial charge in [-0.15, -0.1) is 11.3 Å². The minimum Gasteiger partial charge on any atom is -0.409 e. The third-order valence-electron chi connectivity index (χ3n) is 3.40. The summed E-state index contributed by atoms with van der Waals surface area (Å²) in [7, 11) is 0. The van der Waals surface area contributed by atoms with Gasteiger partial charge in [-0.25, -0.2) is 0 Å². The van der Waals surface area contributed by atoms with E-state index < -0.39 is 0 Å². The van der Waals surface area contributed by atoms with E-state index in [-0.39, 0.29) is 5.84 Å². The van der Waals surface area contributed by atoms with E-state index in [1.54, 1.807) is 11.3 Å². The van der Waals surface area contributed by atoms with Crippen molar-refractivity contribution in [1.29, 1.82) is 0 Å². The molecule has 0 aliphatic carbocycles. The fourth-order valence-corrected chi connectivity index (χ4v) is 3.19. The fourth-order valence-electron chi connectivity index (χ4n) is 2.21. The first-order valence-corrected chi connectivity index (χ1v) is 7.83. The Hall–Kier alpha value is -1.85. The highest BCUT2D eigenvalue weighted by Gasteiger charge is 2.15. The summed E-state index contributed by atoms with van der Waals surface area (Å²) in [5, 5.41) is 17.4. The van der Waals surface area contributed by atoms with Gasteiger partial charge < -0.3 is 16.3 Å². The molecule has 21 heavy (non-hydrogen) atoms. The number of hydrogen-bond acceptors (Lipinski definition) is 4. The van der Waals surface area contributed by atoms with Crippen molar-refractivity contribution in [2.75, 3.05) is 0 Å². The van der Waals surface area contributed by atoms with Crippen LogP contribution in [0, 0.1) is 5.92 Å². The predicted molar refractivity (Wildman–Crippen MR) is 87.7 cm³/mol. The quantitative estimate of drug-likeness (QED) is 0.332. The van der Waals surface area contributed by atoms with Crippen molar-refractivity contribution >= 4 is 17.2 Å². The number of thiophene rings is 1. The van der Waals surface area contributed by atoms with E-state index >= 15 is 0 Å². The molecule has 0 spiro atoms. The van der Waals surface area contributed by atoms with Gasteiger partial charge in [-0.2, -0.15) is 0 Å². The minimum absolute atomic E-state index is 0.133. The molecule has 2 rings (SSSR count). The Labute approximate surface area is 129 Å². The molecule has 0 amide bonds. The van der Waals surface area contributed by atoms with Gasteiger partial charge in [0.15, 0.2) is 5.84 Å². The second-order valence-corrected chi connectivity index (χ2v) is 6.28. The lowest BCUT2D eigenvalue weighted by molar-refractivity contribution is 0.318. The van der Waals surface area contributed by atoms with Crippen LogP contribution in [0.5, 0.6) is 0 Å². The molecule has 0 saturated carbocycles. The molecule has 1 aromatic heterocycles. The molecule has 1 heterocycles. The number of nitrogens with two attached hydrogens (primary N) is 1. The zero-order valence-corrected chi connectivity index (χ0v) is 13.1. The van der Waals surface area contributed by atoms with Crippen LogP contribution in [0.25, 0.3) is 0 Å². The number of nitrogens with one attached hydrogen (secondary N) is 1. The summed E-state index contributed by atoms with van der Waals surface area (Å²) in [5.74, 6) is 0.660. The standard InChI is InChI=1S/C16H21N3OS/c1-11(2)15(14-4-3-9-21-14)18-10-12-5-7-13(8-6-12)16(17)19-20/h3-9,11,15,18,20H,10H2,1-2H3,(H2,17,19). The average molecular weight is 303 g/mol. The Morgan fingerprint density at radius 1 is 1.29 bits per heavy atom. The summed E-state index contributed by atoms with van der Waals surface area (Å²) in [4.78, 5) is 1.36. The second kappa shape index (κ2) is 7.24. The summed E-state index contributed by atoms with van der Waals surface area (Å²) in [6, 6.07) is 12.3. The Kier molecular flexibility index (Phi) is 5.36. The van der Waals surface area contributed by atoms with Gasteiger partial charge in [-0.3, -0.25) is 0 Å². The van der Waals surface area contributed by atoms with Crippen LogP contribution in [0.4, 0.5) is 0 Å². The summed E-state index contributed by atoms with van der Waals surface area (Å²) in [5.41, 5.74) is 7.45. The average Bonchev–Trinajstić information content (AvgIpc) is 3.01. The summed E-state index contributed by atoms with van der Waals surface area (Å²) in [6.45, 7) is 5.23. The van der Waals surface area contributed by atoms with Crippen LogP contribution in [0.2, 0.25) is 0 Å². The van der Waals surface area contributed by atoms with Crippen LogP contribution in [0.3, 0.4) is 0 Å². The summed E-state index contributed by atoms with van der Waals surface area (Å²) >= 11 is 1.78. The second-order valence-electron chi connectivity index (χ2n) is 5.30. The Balaban J connectivity index is 2.01. The number of benzene rings is 1. The summed E-state index contributed by atoms with van der Waals surface area (Å²) < 4.78 is 0. The van der Waals surface area contributed by atoms with E-state index in [9.17, 15) is 0 Å². The van der Waals surface area contributed by atoms with Crippen LogP contribution in [0.15, 0.2) is 46.9 Å². The molecule has 1 unspecified atom stereocenters. The zero-order chi connectivity index (χ0) is 15.2. The van der Waals surface area contributed by atoms with E-state index in [1.807, 2.05) is 24.3 Å². The van der Waals surface area contributed by atoms with Crippen molar-refractivity contribution in [3.8, 4) is 0 Å². The van der Waals surface area contributed by atoms with E-state index in [0.29, 0.717) is 12.0 Å². The van der Waals surface area contributed by atoms with Crippen molar-refractivity contribution < 1.29 is 5.21 Å². The highest BCUT2D eigenvalue weighted by molar-refractivity contribution is 7.10. The molecule has 0 fully saturated rings. The van der Waals surface area contributed by atoms with Crippen molar-refractivity contribution in [3.63, 3.8) is 0 Å². The molecular weight excluding hydrogens is 282 g/mol. The fraction of sp³-hybridized carbons (Fsp3) is 0.312. The van der Waals surface area contributed by atoms with Gasteiger partial charge >= 0.3 is 0 Å². The largest absolute Gasteiger partial charge is 0.409 e. The number of rotatable bonds is 6. The molecule has 0 bridgehead atoms. The molecule has 5 heteroatoms. The van der Waals surface area contributed by atoms with E-state index in [2.05, 4.69) is 41.8 Å². The van der Waals surface area contributed by atoms with Gasteiger partial charge in [0.2, 0.25) is 0 Å². The summed E-state index contributed by atoms with van der Waals surface area (Å²) in [6.07, 6.45) is 0. The molecule has 1 aromatic carbocycles. The topological polar surface area (TPSA) is 70.6 Å². The highest BCUT2D eigenvalue weighted by Crippen LogP contribution is 2.26. The maximum Gasteiger partial charge on any atom is 0.170 e. The first kappa shape index (κ1) is 15.5. The van der Waals surface area contributed by atoms with Gasteiger partial charge in [0.25, 0.3) is 0 Å². The molecule has 0 aliphatic rings. The van der Waals surface area contributed by atoms with Crippen molar-refractivity contribution in [2.24, 2.45) is 16.8 Å². The van der Waals surface area contributed by atoms with Crippen LogP contribution in [-0.2, 0) is 6.54 Å². The molecule has 112 valence electrons. The molecule has 1 atom stereocenters. The smallest absolute Gasteiger partial charge is 0.170 e. The Morgan fingerprint density at radius 2 is 2.00 bits per heavy atom. The van der Waals surface area contributed by atoms with Crippen LogP contribution < -0.4 is 11.1 Å². The molecule has 4 N–H and O–H groups in total. The number of oxime groups is 1. The van der Waals surface area contributed by atoms with E-state index in [1.165, 1.54) is 10.4 Å². The predicted octanol–water partition coefficient (Wildman–Crippen LogP) is 3.33. The maximum absolute atomic E-state index is 8.65. The molecular formula is C16H21N3OS. The zero-order valence-electron chi connectivity index (χ0n) is 12.3. The van der Waals surface area contributed by atoms with E-state index in [4.69, 9.17) is 10.9 Å². The lowest BCUT2D eigenvalue weighted by Crippen LogP contribution is -2.24. The lowest BCUT2D eigenvalue weighted by atomic mass is 10.0. The SMILES string of the molecule is CC(C)C(NCc1ccc(C(N)=NO)cc1)c1cccs1. The molecule has 0 saturated heterocycles. The van der Waals surface area contributed by atoms with Gasteiger partial charge in [0.1, 0.15) is 0 Å². The van der Waals surface area contributed by atoms with Crippen molar-refractivity contribution in [3.05, 3.63) is 57.8 Å². The first-order chi connectivity index (χ1) is 10.1. The number of amidine groups is 1. The Morgan fingerprint density at radius 3 is 2.52 bits per heavy atom. The van der Waals surface area contributed by atoms with Crippen LogP contribution in [0.1, 0.15) is 35.9 Å². The van der Waals surface area contributed by atoms with Crippen molar-refractivity contribution in [2.45, 2.75) is 26.4 Å². The third-order valence-corrected chi connectivity index (χ3v) is 4.36. The van der Waals surface area contributed by atoms with Gasteiger partial charge in [0.05, 0.1) is 0 Å². The first-order valence-electron chi connectivity index (χ1n) is 6.95. The van der Waals surface area contributed by atoms with E-state index in [0.717, 1.165) is 12.1 Å². The highest BCUT2D eigenvalue weighted by atomic mass is 32.1. The maximum atomic E-state index is 8.65. The Bertz CT molecular complexity index is 576. The van der Waals surface area contributed by atoms with Crippen LogP contribution in [-0.4, -0.2) is 11.0 Å². The monoisotopic (exact) mass is 303 g/mol. The van der Waals surface area contributed by atoms with Gasteiger partial charge in [-0.05, 0) is 22.9 Å². The minimum atomic E-state index is 0.133. The van der Waals surface area contributed by atoms with Crippen molar-refractivity contribution in [1.82, 2.24) is 5.32 Å². The van der Waals surface area contributed by atoms with Gasteiger partial charge in [0, 0.05) is 23.0 Å². The molecule has 4 nitrogen and oxygen atoms in total. The third kappa shape index (κ3) is 4.06. The van der Waals surface area contributed by atoms with Gasteiger partial charge in [-0.1, -0.05) is 49.3 Å². The number of hydrogen-bond donors (Lipinski definition) is 3. The van der Waals surface area contributed by atoms with Crippen LogP contribution >= 0.6 is 11.3 Å². The normalized spacial score (nSPS) is 13.6. The number of nitrogens with zero attached hydrogens (tertiary/aromatic N) is 1. The molecule has 2 aromatic rings. The lowest BCUT2D eigenvalue weighted by Gasteiger charge is -2.21. The molecule has 0 aliphatic heterocycles. The molecule has 0 radical (unpaired) electrons.